The molecule has 0 aliphatic carbocycles. The highest BCUT2D eigenvalue weighted by molar-refractivity contribution is 6.05. The highest BCUT2D eigenvalue weighted by atomic mass is 16.6. The van der Waals surface area contributed by atoms with E-state index in [1.807, 2.05) is 11.8 Å². The fraction of sp³-hybridized carbons (Fsp3) is 0.846. The van der Waals surface area contributed by atoms with Gasteiger partial charge in [-0.15, -0.1) is 0 Å². The van der Waals surface area contributed by atoms with Gasteiger partial charge in [0, 0.05) is 0 Å². The van der Waals surface area contributed by atoms with E-state index in [9.17, 15) is 9.59 Å². The van der Waals surface area contributed by atoms with Gasteiger partial charge in [-0.05, 0) is 46.2 Å². The van der Waals surface area contributed by atoms with Gasteiger partial charge < -0.3 is 9.47 Å². The van der Waals surface area contributed by atoms with E-state index in [0.29, 0.717) is 13.0 Å². The quantitative estimate of drug-likeness (QED) is 0.531. The van der Waals surface area contributed by atoms with Crippen molar-refractivity contribution < 1.29 is 19.1 Å². The first kappa shape index (κ1) is 15.0. The van der Waals surface area contributed by atoms with Crippen LogP contribution in [0.3, 0.4) is 0 Å². The molecule has 0 aromatic heterocycles. The molecular weight excluding hydrogens is 234 g/mol. The molecule has 0 aromatic rings. The van der Waals surface area contributed by atoms with Crippen LogP contribution in [0, 0.1) is 0 Å². The van der Waals surface area contributed by atoms with Gasteiger partial charge in [-0.25, -0.2) is 9.59 Å². The van der Waals surface area contributed by atoms with Crippen LogP contribution in [0.15, 0.2) is 0 Å². The van der Waals surface area contributed by atoms with Crippen LogP contribution in [0.5, 0.6) is 0 Å². The van der Waals surface area contributed by atoms with Gasteiger partial charge >= 0.3 is 11.9 Å². The van der Waals surface area contributed by atoms with Crippen LogP contribution < -0.4 is 0 Å². The summed E-state index contributed by atoms with van der Waals surface area (Å²) >= 11 is 0. The lowest BCUT2D eigenvalue weighted by molar-refractivity contribution is -0.172. The standard InChI is InChI=1S/C13H23NO4/c1-4-9-14-10-7-8-13(14,11(15)17-5-2)12(16)18-6-3/h4-10H2,1-3H3. The van der Waals surface area contributed by atoms with Crippen molar-refractivity contribution in [3.63, 3.8) is 0 Å². The van der Waals surface area contributed by atoms with E-state index in [0.717, 1.165) is 19.4 Å². The first-order valence-electron chi connectivity index (χ1n) is 6.72. The average molecular weight is 257 g/mol. The zero-order valence-corrected chi connectivity index (χ0v) is 11.5. The molecule has 1 fully saturated rings. The topological polar surface area (TPSA) is 55.8 Å². The van der Waals surface area contributed by atoms with Gasteiger partial charge in [0.2, 0.25) is 5.54 Å². The van der Waals surface area contributed by atoms with Crippen molar-refractivity contribution >= 4 is 11.9 Å². The molecule has 1 saturated heterocycles. The minimum absolute atomic E-state index is 0.278. The molecule has 0 unspecified atom stereocenters. The fourth-order valence-corrected chi connectivity index (χ4v) is 2.49. The third-order valence-electron chi connectivity index (χ3n) is 3.23. The maximum absolute atomic E-state index is 12.2. The fourth-order valence-electron chi connectivity index (χ4n) is 2.49. The minimum atomic E-state index is -1.21. The maximum atomic E-state index is 12.2. The second-order valence-electron chi connectivity index (χ2n) is 4.39. The summed E-state index contributed by atoms with van der Waals surface area (Å²) in [5.74, 6) is -0.927. The van der Waals surface area contributed by atoms with E-state index in [2.05, 4.69) is 0 Å². The molecule has 5 heteroatoms. The van der Waals surface area contributed by atoms with Gasteiger partial charge in [-0.2, -0.15) is 0 Å². The molecule has 1 aliphatic heterocycles. The van der Waals surface area contributed by atoms with Crippen molar-refractivity contribution in [2.45, 2.75) is 45.6 Å². The Balaban J connectivity index is 2.99. The first-order chi connectivity index (χ1) is 8.63. The van der Waals surface area contributed by atoms with Gasteiger partial charge in [0.25, 0.3) is 0 Å². The van der Waals surface area contributed by atoms with E-state index in [4.69, 9.17) is 9.47 Å². The van der Waals surface area contributed by atoms with Gasteiger partial charge in [0.15, 0.2) is 0 Å². The van der Waals surface area contributed by atoms with Crippen molar-refractivity contribution in [1.29, 1.82) is 0 Å². The third kappa shape index (κ3) is 2.66. The Kier molecular flexibility index (Phi) is 5.59. The Morgan fingerprint density at radius 2 is 1.67 bits per heavy atom. The van der Waals surface area contributed by atoms with E-state index < -0.39 is 17.5 Å². The lowest BCUT2D eigenvalue weighted by Gasteiger charge is -2.33. The molecule has 104 valence electrons. The predicted molar refractivity (Wildman–Crippen MR) is 67.1 cm³/mol. The number of rotatable bonds is 6. The van der Waals surface area contributed by atoms with Crippen LogP contribution in [-0.4, -0.2) is 48.7 Å². The third-order valence-corrected chi connectivity index (χ3v) is 3.23. The van der Waals surface area contributed by atoms with Crippen LogP contribution in [0.1, 0.15) is 40.0 Å². The van der Waals surface area contributed by atoms with E-state index in [-0.39, 0.29) is 13.2 Å². The lowest BCUT2D eigenvalue weighted by Crippen LogP contribution is -2.58. The van der Waals surface area contributed by atoms with Crippen molar-refractivity contribution in [1.82, 2.24) is 4.90 Å². The lowest BCUT2D eigenvalue weighted by atomic mass is 9.96. The van der Waals surface area contributed by atoms with Crippen LogP contribution >= 0.6 is 0 Å². The Morgan fingerprint density at radius 1 is 1.11 bits per heavy atom. The largest absolute Gasteiger partial charge is 0.464 e. The number of ether oxygens (including phenoxy) is 2. The summed E-state index contributed by atoms with van der Waals surface area (Å²) in [5.41, 5.74) is -1.21. The Bertz CT molecular complexity index is 285. The molecule has 0 amide bonds. The second kappa shape index (κ2) is 6.73. The maximum Gasteiger partial charge on any atom is 0.338 e. The zero-order valence-electron chi connectivity index (χ0n) is 11.5. The van der Waals surface area contributed by atoms with Gasteiger partial charge in [0.1, 0.15) is 0 Å². The normalized spacial score (nSPS) is 18.6. The molecule has 0 bridgehead atoms. The molecule has 1 heterocycles. The molecule has 1 rings (SSSR count). The summed E-state index contributed by atoms with van der Waals surface area (Å²) in [6.45, 7) is 7.52. The number of carbonyl (C=O) groups excluding carboxylic acids is 2. The predicted octanol–water partition coefficient (Wildman–Crippen LogP) is 1.36. The molecule has 0 radical (unpaired) electrons. The number of hydrogen-bond acceptors (Lipinski definition) is 5. The summed E-state index contributed by atoms with van der Waals surface area (Å²) in [5, 5.41) is 0. The minimum Gasteiger partial charge on any atom is -0.464 e. The Labute approximate surface area is 108 Å². The monoisotopic (exact) mass is 257 g/mol. The first-order valence-corrected chi connectivity index (χ1v) is 6.72. The number of nitrogens with zero attached hydrogens (tertiary/aromatic N) is 1. The van der Waals surface area contributed by atoms with Gasteiger partial charge in [-0.1, -0.05) is 6.92 Å². The number of carbonyl (C=O) groups is 2. The highest BCUT2D eigenvalue weighted by Crippen LogP contribution is 2.32. The number of esters is 2. The molecule has 0 spiro atoms. The van der Waals surface area contributed by atoms with Crippen LogP contribution in [0.2, 0.25) is 0 Å². The number of likely N-dealkylation sites (tertiary alicyclic amines) is 1. The summed E-state index contributed by atoms with van der Waals surface area (Å²) in [7, 11) is 0. The molecule has 5 nitrogen and oxygen atoms in total. The molecule has 0 atom stereocenters. The van der Waals surface area contributed by atoms with Crippen molar-refractivity contribution in [3.8, 4) is 0 Å². The SMILES string of the molecule is CCCN1CCCC1(C(=O)OCC)C(=O)OCC. The molecule has 1 aliphatic rings. The second-order valence-corrected chi connectivity index (χ2v) is 4.39. The molecule has 18 heavy (non-hydrogen) atoms. The van der Waals surface area contributed by atoms with E-state index in [1.165, 1.54) is 0 Å². The average Bonchev–Trinajstić information content (AvgIpc) is 2.75. The molecular formula is C13H23NO4. The van der Waals surface area contributed by atoms with E-state index >= 15 is 0 Å². The van der Waals surface area contributed by atoms with Crippen molar-refractivity contribution in [2.24, 2.45) is 0 Å². The van der Waals surface area contributed by atoms with Crippen LogP contribution in [0.4, 0.5) is 0 Å². The van der Waals surface area contributed by atoms with E-state index in [1.54, 1.807) is 13.8 Å². The van der Waals surface area contributed by atoms with Crippen LogP contribution in [0.25, 0.3) is 0 Å². The summed E-state index contributed by atoms with van der Waals surface area (Å²) in [4.78, 5) is 26.3. The number of hydrogen-bond donors (Lipinski definition) is 0. The van der Waals surface area contributed by atoms with Gasteiger partial charge in [-0.3, -0.25) is 4.90 Å². The smallest absolute Gasteiger partial charge is 0.338 e. The van der Waals surface area contributed by atoms with Gasteiger partial charge in [0.05, 0.1) is 13.2 Å². The summed E-state index contributed by atoms with van der Waals surface area (Å²) in [6, 6.07) is 0. The van der Waals surface area contributed by atoms with Crippen LogP contribution in [-0.2, 0) is 19.1 Å². The summed E-state index contributed by atoms with van der Waals surface area (Å²) in [6.07, 6.45) is 2.20. The Hall–Kier alpha value is -1.10. The summed E-state index contributed by atoms with van der Waals surface area (Å²) < 4.78 is 10.2. The molecule has 0 N–H and O–H groups in total. The molecule has 0 saturated carbocycles. The Morgan fingerprint density at radius 3 is 2.11 bits per heavy atom. The molecule has 0 aromatic carbocycles. The van der Waals surface area contributed by atoms with Crippen molar-refractivity contribution in [2.75, 3.05) is 26.3 Å². The highest BCUT2D eigenvalue weighted by Gasteiger charge is 2.55. The zero-order chi connectivity index (χ0) is 13.6. The van der Waals surface area contributed by atoms with Crippen molar-refractivity contribution in [3.05, 3.63) is 0 Å².